The van der Waals surface area contributed by atoms with E-state index in [0.717, 1.165) is 16.7 Å². The molecule has 2 nitrogen and oxygen atoms in total. The van der Waals surface area contributed by atoms with Crippen molar-refractivity contribution in [2.45, 2.75) is 34.6 Å². The molecule has 0 aliphatic carbocycles. The number of aromatic hydroxyl groups is 1. The number of allylic oxidation sites excluding steroid dienone is 1. The summed E-state index contributed by atoms with van der Waals surface area (Å²) in [6.07, 6.45) is 0. The second kappa shape index (κ2) is 6.11. The third-order valence-electron chi connectivity index (χ3n) is 2.17. The minimum absolute atomic E-state index is 0.0288. The molecule has 1 N–H and O–H groups in total. The Kier molecular flexibility index (Phi) is 5.51. The van der Waals surface area contributed by atoms with Gasteiger partial charge in [0.15, 0.2) is 5.78 Å². The van der Waals surface area contributed by atoms with E-state index in [2.05, 4.69) is 6.58 Å². The Bertz CT molecular complexity index is 364. The van der Waals surface area contributed by atoms with Crippen LogP contribution >= 0.6 is 0 Å². The monoisotopic (exact) mass is 220 g/mol. The zero-order valence-corrected chi connectivity index (χ0v) is 10.7. The Balaban J connectivity index is 0.00000106. The molecule has 2 heteroatoms. The maximum atomic E-state index is 11.3. The summed E-state index contributed by atoms with van der Waals surface area (Å²) in [6, 6.07) is 3.32. The number of ketones is 1. The van der Waals surface area contributed by atoms with Crippen LogP contribution in [0.4, 0.5) is 0 Å². The van der Waals surface area contributed by atoms with Crippen LogP contribution in [0.15, 0.2) is 18.7 Å². The van der Waals surface area contributed by atoms with E-state index in [1.165, 1.54) is 6.92 Å². The van der Waals surface area contributed by atoms with Gasteiger partial charge in [0.1, 0.15) is 5.75 Å². The van der Waals surface area contributed by atoms with Crippen molar-refractivity contribution < 1.29 is 9.90 Å². The van der Waals surface area contributed by atoms with Crippen molar-refractivity contribution >= 4 is 11.4 Å². The third kappa shape index (κ3) is 2.96. The minimum atomic E-state index is -0.135. The van der Waals surface area contributed by atoms with Gasteiger partial charge in [-0.15, -0.1) is 0 Å². The SMILES string of the molecule is C=C(C)c1c(C)ccc(O)c1C(C)=O.CC. The lowest BCUT2D eigenvalue weighted by atomic mass is 9.94. The summed E-state index contributed by atoms with van der Waals surface area (Å²) in [5, 5.41) is 9.57. The van der Waals surface area contributed by atoms with E-state index in [1.54, 1.807) is 12.1 Å². The van der Waals surface area contributed by atoms with E-state index in [1.807, 2.05) is 27.7 Å². The zero-order chi connectivity index (χ0) is 12.9. The van der Waals surface area contributed by atoms with Gasteiger partial charge in [-0.25, -0.2) is 0 Å². The lowest BCUT2D eigenvalue weighted by Gasteiger charge is -2.11. The second-order valence-corrected chi connectivity index (χ2v) is 3.49. The molecule has 1 rings (SSSR count). The molecule has 0 heterocycles. The van der Waals surface area contributed by atoms with Crippen molar-refractivity contribution in [3.05, 3.63) is 35.4 Å². The molecule has 0 amide bonds. The second-order valence-electron chi connectivity index (χ2n) is 3.49. The lowest BCUT2D eigenvalue weighted by molar-refractivity contribution is 0.101. The fourth-order valence-electron chi connectivity index (χ4n) is 1.60. The summed E-state index contributed by atoms with van der Waals surface area (Å²) < 4.78 is 0. The van der Waals surface area contributed by atoms with Gasteiger partial charge in [0.25, 0.3) is 0 Å². The highest BCUT2D eigenvalue weighted by Gasteiger charge is 2.14. The number of phenols is 1. The van der Waals surface area contributed by atoms with Crippen molar-refractivity contribution in [3.8, 4) is 5.75 Å². The molecule has 0 bridgehead atoms. The normalized spacial score (nSPS) is 9.06. The first-order valence-corrected chi connectivity index (χ1v) is 5.44. The fraction of sp³-hybridized carbons (Fsp3) is 0.357. The van der Waals surface area contributed by atoms with Gasteiger partial charge in [0.05, 0.1) is 5.56 Å². The number of rotatable bonds is 2. The maximum Gasteiger partial charge on any atom is 0.164 e. The number of Topliss-reactive ketones (excluding diaryl/α,β-unsaturated/α-hetero) is 1. The number of hydrogen-bond donors (Lipinski definition) is 1. The highest BCUT2D eigenvalue weighted by Crippen LogP contribution is 2.29. The average Bonchev–Trinajstić information content (AvgIpc) is 2.23. The van der Waals surface area contributed by atoms with Crippen molar-refractivity contribution in [1.29, 1.82) is 0 Å². The Morgan fingerprint density at radius 1 is 1.19 bits per heavy atom. The Morgan fingerprint density at radius 3 is 2.00 bits per heavy atom. The van der Waals surface area contributed by atoms with E-state index < -0.39 is 0 Å². The maximum absolute atomic E-state index is 11.3. The summed E-state index contributed by atoms with van der Waals surface area (Å²) >= 11 is 0. The number of phenolic OH excluding ortho intramolecular Hbond substituents is 1. The molecule has 0 fully saturated rings. The van der Waals surface area contributed by atoms with Crippen LogP contribution in [-0.4, -0.2) is 10.9 Å². The van der Waals surface area contributed by atoms with E-state index in [-0.39, 0.29) is 11.5 Å². The lowest BCUT2D eigenvalue weighted by Crippen LogP contribution is -2.00. The largest absolute Gasteiger partial charge is 0.507 e. The van der Waals surface area contributed by atoms with Crippen molar-refractivity contribution in [2.24, 2.45) is 0 Å². The molecule has 1 aromatic carbocycles. The van der Waals surface area contributed by atoms with Crippen LogP contribution in [0.3, 0.4) is 0 Å². The molecule has 0 spiro atoms. The van der Waals surface area contributed by atoms with Gasteiger partial charge < -0.3 is 5.11 Å². The smallest absolute Gasteiger partial charge is 0.164 e. The first kappa shape index (κ1) is 14.4. The summed E-state index contributed by atoms with van der Waals surface area (Å²) in [5.74, 6) is -0.106. The number of carbonyl (C=O) groups is 1. The molecule has 0 aromatic heterocycles. The molecule has 0 saturated carbocycles. The quantitative estimate of drug-likeness (QED) is 0.766. The van der Waals surface area contributed by atoms with Crippen LogP contribution in [-0.2, 0) is 0 Å². The summed E-state index contributed by atoms with van der Waals surface area (Å²) in [4.78, 5) is 11.3. The number of hydrogen-bond acceptors (Lipinski definition) is 2. The molecular formula is C14H20O2. The Hall–Kier alpha value is -1.57. The highest BCUT2D eigenvalue weighted by molar-refractivity contribution is 6.01. The van der Waals surface area contributed by atoms with E-state index in [9.17, 15) is 9.90 Å². The van der Waals surface area contributed by atoms with Gasteiger partial charge in [-0.05, 0) is 43.5 Å². The molecular weight excluding hydrogens is 200 g/mol. The Labute approximate surface area is 97.6 Å². The van der Waals surface area contributed by atoms with Gasteiger partial charge in [-0.3, -0.25) is 4.79 Å². The van der Waals surface area contributed by atoms with Crippen LogP contribution in [0.1, 0.15) is 49.2 Å². The van der Waals surface area contributed by atoms with Crippen LogP contribution in [0, 0.1) is 6.92 Å². The number of carbonyl (C=O) groups excluding carboxylic acids is 1. The van der Waals surface area contributed by atoms with E-state index in [4.69, 9.17) is 0 Å². The van der Waals surface area contributed by atoms with Crippen LogP contribution < -0.4 is 0 Å². The third-order valence-corrected chi connectivity index (χ3v) is 2.17. The van der Waals surface area contributed by atoms with Crippen LogP contribution in [0.5, 0.6) is 5.75 Å². The molecule has 0 atom stereocenters. The fourth-order valence-corrected chi connectivity index (χ4v) is 1.60. The van der Waals surface area contributed by atoms with Gasteiger partial charge in [-0.2, -0.15) is 0 Å². The predicted molar refractivity (Wildman–Crippen MR) is 68.9 cm³/mol. The predicted octanol–water partition coefficient (Wildman–Crippen LogP) is 3.96. The van der Waals surface area contributed by atoms with Crippen LogP contribution in [0.2, 0.25) is 0 Å². The molecule has 0 saturated heterocycles. The number of aryl methyl sites for hydroxylation is 1. The first-order valence-electron chi connectivity index (χ1n) is 5.44. The van der Waals surface area contributed by atoms with Gasteiger partial charge in [0.2, 0.25) is 0 Å². The van der Waals surface area contributed by atoms with Gasteiger partial charge >= 0.3 is 0 Å². The topological polar surface area (TPSA) is 37.3 Å². The Morgan fingerprint density at radius 2 is 1.69 bits per heavy atom. The minimum Gasteiger partial charge on any atom is -0.507 e. The zero-order valence-electron chi connectivity index (χ0n) is 10.7. The van der Waals surface area contributed by atoms with E-state index >= 15 is 0 Å². The van der Waals surface area contributed by atoms with Gasteiger partial charge in [0, 0.05) is 0 Å². The molecule has 0 aliphatic heterocycles. The average molecular weight is 220 g/mol. The van der Waals surface area contributed by atoms with Gasteiger partial charge in [-0.1, -0.05) is 26.5 Å². The highest BCUT2D eigenvalue weighted by atomic mass is 16.3. The van der Waals surface area contributed by atoms with Crippen molar-refractivity contribution in [3.63, 3.8) is 0 Å². The number of benzene rings is 1. The summed E-state index contributed by atoms with van der Waals surface area (Å²) in [5.41, 5.74) is 2.89. The molecule has 0 radical (unpaired) electrons. The molecule has 16 heavy (non-hydrogen) atoms. The molecule has 0 unspecified atom stereocenters. The van der Waals surface area contributed by atoms with Crippen LogP contribution in [0.25, 0.3) is 5.57 Å². The molecule has 1 aromatic rings. The first-order chi connectivity index (χ1) is 7.45. The van der Waals surface area contributed by atoms with E-state index in [0.29, 0.717) is 5.56 Å². The van der Waals surface area contributed by atoms with Crippen molar-refractivity contribution in [1.82, 2.24) is 0 Å². The van der Waals surface area contributed by atoms with Crippen molar-refractivity contribution in [2.75, 3.05) is 0 Å². The molecule has 88 valence electrons. The standard InChI is InChI=1S/C12H14O2.C2H6/c1-7(2)11-8(3)5-6-10(14)12(11)9(4)13;1-2/h5-6,14H,1H2,2-4H3;1-2H3. The molecule has 0 aliphatic rings. The summed E-state index contributed by atoms with van der Waals surface area (Å²) in [6.45, 7) is 13.0. The summed E-state index contributed by atoms with van der Waals surface area (Å²) in [7, 11) is 0.